The molecule has 1 aliphatic rings. The Morgan fingerprint density at radius 1 is 0.892 bits per heavy atom. The van der Waals surface area contributed by atoms with Gasteiger partial charge < -0.3 is 0 Å². The number of pyridine rings is 1. The van der Waals surface area contributed by atoms with Gasteiger partial charge in [0, 0.05) is 16.0 Å². The summed E-state index contributed by atoms with van der Waals surface area (Å²) in [4.78, 5) is 29.6. The zero-order valence-corrected chi connectivity index (χ0v) is 19.6. The molecule has 0 fully saturated rings. The van der Waals surface area contributed by atoms with E-state index < -0.39 is 57.7 Å². The van der Waals surface area contributed by atoms with E-state index in [1.54, 1.807) is 12.1 Å². The van der Waals surface area contributed by atoms with Crippen molar-refractivity contribution in [2.24, 2.45) is 0 Å². The first kappa shape index (κ1) is 26.5. The van der Waals surface area contributed by atoms with E-state index in [9.17, 15) is 52.8 Å². The summed E-state index contributed by atoms with van der Waals surface area (Å²) in [6.07, 6.45) is 2.57. The Morgan fingerprint density at radius 3 is 2.03 bits per heavy atom. The summed E-state index contributed by atoms with van der Waals surface area (Å²) >= 11 is 0. The minimum Gasteiger partial charge on any atom is -0.283 e. The van der Waals surface area contributed by atoms with Crippen LogP contribution < -0.4 is 11.1 Å². The molecule has 37 heavy (non-hydrogen) atoms. The van der Waals surface area contributed by atoms with E-state index in [0.29, 0.717) is 11.7 Å². The van der Waals surface area contributed by atoms with Crippen LogP contribution in [0.2, 0.25) is 0 Å². The van der Waals surface area contributed by atoms with E-state index in [2.05, 4.69) is 4.98 Å². The average Bonchev–Trinajstić information content (AvgIpc) is 3.22. The van der Waals surface area contributed by atoms with Gasteiger partial charge in [-0.15, -0.1) is 0 Å². The van der Waals surface area contributed by atoms with Crippen molar-refractivity contribution in [1.29, 1.82) is 0 Å². The molecule has 0 atom stereocenters. The number of aromatic nitrogens is 3. The summed E-state index contributed by atoms with van der Waals surface area (Å²) in [5.41, 5.74) is -14.6. The van der Waals surface area contributed by atoms with Crippen LogP contribution in [0.4, 0.5) is 26.3 Å². The molecule has 10 nitrogen and oxygen atoms in total. The number of nitrogens with zero attached hydrogens (tertiary/aromatic N) is 4. The van der Waals surface area contributed by atoms with Crippen LogP contribution in [-0.2, 0) is 26.6 Å². The van der Waals surface area contributed by atoms with Gasteiger partial charge >= 0.3 is 31.1 Å². The van der Waals surface area contributed by atoms with Crippen molar-refractivity contribution in [3.63, 3.8) is 0 Å². The molecule has 0 spiro atoms. The monoisotopic (exact) mass is 571 g/mol. The van der Waals surface area contributed by atoms with Crippen molar-refractivity contribution in [2.75, 3.05) is 0 Å². The Kier molecular flexibility index (Phi) is 6.10. The first-order valence-corrected chi connectivity index (χ1v) is 12.8. The van der Waals surface area contributed by atoms with Crippen molar-refractivity contribution in [2.45, 2.75) is 30.4 Å². The Bertz CT molecular complexity index is 1800. The maximum atomic E-state index is 13.0. The van der Waals surface area contributed by atoms with Crippen molar-refractivity contribution < 1.29 is 46.6 Å². The molecule has 0 aromatic carbocycles. The van der Waals surface area contributed by atoms with Gasteiger partial charge in [-0.3, -0.25) is 18.6 Å². The van der Waals surface area contributed by atoms with Crippen LogP contribution in [0.15, 0.2) is 57.8 Å². The zero-order chi connectivity index (χ0) is 27.6. The summed E-state index contributed by atoms with van der Waals surface area (Å²) in [5.74, 6) is 0. The van der Waals surface area contributed by atoms with Gasteiger partial charge in [-0.1, -0.05) is 18.2 Å². The standard InChI is InChI=1S/C19H13F6N4O6S2/c20-18(21,22)36(32,33)29(37(34,35)19(23,24)25)12-6-4-11(5-7-12)8-9-27-16(30)13-2-1-3-15-26-10-14(17(27)31)28(13)15/h1-6,10H,7-9H2/q+1. The SMILES string of the molecule is O=c1c2cccc3ncc(c(=O)n1CCC1=CCC(=[N+](S(=O)(=O)C(F)(F)F)S(=O)(=O)C(F)(F)F)C=C1)n32. The lowest BCUT2D eigenvalue weighted by Crippen LogP contribution is -2.46. The molecule has 0 unspecified atom stereocenters. The lowest BCUT2D eigenvalue weighted by Gasteiger charge is -2.13. The number of rotatable bonds is 5. The van der Waals surface area contributed by atoms with E-state index in [1.807, 2.05) is 0 Å². The molecule has 198 valence electrons. The molecule has 3 heterocycles. The molecule has 0 N–H and O–H groups in total. The van der Waals surface area contributed by atoms with Crippen LogP contribution in [0.25, 0.3) is 16.7 Å². The highest BCUT2D eigenvalue weighted by Crippen LogP contribution is 2.33. The van der Waals surface area contributed by atoms with Gasteiger partial charge in [0.2, 0.25) is 5.71 Å². The molecule has 0 bridgehead atoms. The zero-order valence-electron chi connectivity index (χ0n) is 18.0. The number of halogens is 6. The lowest BCUT2D eigenvalue weighted by atomic mass is 10.0. The smallest absolute Gasteiger partial charge is 0.283 e. The molecule has 0 saturated heterocycles. The molecular formula is C19H13F6N4O6S2+. The van der Waals surface area contributed by atoms with E-state index in [-0.39, 0.29) is 29.6 Å². The van der Waals surface area contributed by atoms with E-state index in [1.165, 1.54) is 16.7 Å². The average molecular weight is 571 g/mol. The Hall–Kier alpha value is -3.54. The van der Waals surface area contributed by atoms with E-state index in [4.69, 9.17) is 0 Å². The third-order valence-corrected chi connectivity index (χ3v) is 9.09. The number of hydrogen-bond acceptors (Lipinski definition) is 7. The fourth-order valence-electron chi connectivity index (χ4n) is 3.69. The maximum Gasteiger partial charge on any atom is 0.561 e. The van der Waals surface area contributed by atoms with Crippen LogP contribution in [-0.4, -0.2) is 50.9 Å². The van der Waals surface area contributed by atoms with Gasteiger partial charge in [-0.05, 0) is 24.1 Å². The summed E-state index contributed by atoms with van der Waals surface area (Å²) in [7, 11) is -14.0. The molecule has 0 aliphatic heterocycles. The fraction of sp³-hybridized carbons (Fsp3) is 0.263. The minimum atomic E-state index is -6.98. The Morgan fingerprint density at radius 2 is 1.49 bits per heavy atom. The number of sulfonamides is 2. The molecule has 3 aromatic heterocycles. The Labute approximate surface area is 202 Å². The number of alkyl halides is 6. The van der Waals surface area contributed by atoms with Crippen LogP contribution >= 0.6 is 0 Å². The van der Waals surface area contributed by atoms with Gasteiger partial charge in [-0.2, -0.15) is 43.2 Å². The van der Waals surface area contributed by atoms with Gasteiger partial charge in [-0.25, -0.2) is 4.98 Å². The van der Waals surface area contributed by atoms with Crippen LogP contribution in [0.1, 0.15) is 12.8 Å². The number of imidazole rings is 1. The lowest BCUT2D eigenvalue weighted by molar-refractivity contribution is -0.232. The fourth-order valence-corrected chi connectivity index (χ4v) is 6.49. The summed E-state index contributed by atoms with van der Waals surface area (Å²) in [6.45, 7) is -0.254. The van der Waals surface area contributed by atoms with Crippen LogP contribution in [0.5, 0.6) is 0 Å². The molecule has 18 heteroatoms. The summed E-state index contributed by atoms with van der Waals surface area (Å²) in [6, 6.07) is 4.58. The number of allylic oxidation sites excluding steroid dienone is 4. The molecule has 4 rings (SSSR count). The maximum absolute atomic E-state index is 13.0. The van der Waals surface area contributed by atoms with Crippen molar-refractivity contribution in [3.8, 4) is 0 Å². The highest BCUT2D eigenvalue weighted by molar-refractivity contribution is 7.98. The molecule has 0 saturated carbocycles. The first-order valence-electron chi connectivity index (χ1n) is 9.97. The highest BCUT2D eigenvalue weighted by Gasteiger charge is 2.67. The normalized spacial score (nSPS) is 15.5. The molecule has 3 aromatic rings. The predicted octanol–water partition coefficient (Wildman–Crippen LogP) is 1.88. The van der Waals surface area contributed by atoms with Crippen LogP contribution in [0, 0.1) is 0 Å². The largest absolute Gasteiger partial charge is 0.561 e. The third kappa shape index (κ3) is 4.22. The molecule has 1 aliphatic carbocycles. The van der Waals surface area contributed by atoms with Crippen molar-refractivity contribution >= 4 is 42.4 Å². The predicted molar refractivity (Wildman–Crippen MR) is 116 cm³/mol. The second-order valence-corrected chi connectivity index (χ2v) is 11.5. The summed E-state index contributed by atoms with van der Waals surface area (Å²) < 4.78 is 126. The van der Waals surface area contributed by atoms with Gasteiger partial charge in [0.15, 0.2) is 0 Å². The second kappa shape index (κ2) is 8.51. The first-order chi connectivity index (χ1) is 17.0. The molecule has 0 radical (unpaired) electrons. The summed E-state index contributed by atoms with van der Waals surface area (Å²) in [5, 5.41) is 0. The third-order valence-electron chi connectivity index (χ3n) is 5.40. The second-order valence-electron chi connectivity index (χ2n) is 7.67. The van der Waals surface area contributed by atoms with E-state index >= 15 is 0 Å². The van der Waals surface area contributed by atoms with Gasteiger partial charge in [0.25, 0.3) is 11.1 Å². The van der Waals surface area contributed by atoms with Gasteiger partial charge in [0.05, 0.1) is 12.6 Å². The van der Waals surface area contributed by atoms with Gasteiger partial charge in [0.1, 0.15) is 16.7 Å². The topological polar surface area (TPSA) is 128 Å². The molecular weight excluding hydrogens is 558 g/mol. The van der Waals surface area contributed by atoms with Crippen LogP contribution in [0.3, 0.4) is 0 Å². The highest BCUT2D eigenvalue weighted by atomic mass is 32.3. The van der Waals surface area contributed by atoms with Crippen molar-refractivity contribution in [3.05, 3.63) is 68.9 Å². The molecule has 0 amide bonds. The van der Waals surface area contributed by atoms with Crippen molar-refractivity contribution in [1.82, 2.24) is 14.0 Å². The quantitative estimate of drug-likeness (QED) is 0.338. The van der Waals surface area contributed by atoms with E-state index in [0.717, 1.165) is 16.7 Å². The minimum absolute atomic E-state index is 0.0966. The number of hydrogen-bond donors (Lipinski definition) is 0. The Balaban J connectivity index is 1.69.